The van der Waals surface area contributed by atoms with E-state index in [4.69, 9.17) is 10.5 Å². The highest BCUT2D eigenvalue weighted by Crippen LogP contribution is 2.60. The Morgan fingerprint density at radius 1 is 1.15 bits per heavy atom. The Hall–Kier alpha value is -2.52. The molecule has 0 aliphatic heterocycles. The Morgan fingerprint density at radius 2 is 1.89 bits per heavy atom. The van der Waals surface area contributed by atoms with Crippen molar-refractivity contribution in [3.05, 3.63) is 41.8 Å². The molecular formula is C22H24N4O. The molecule has 2 aromatic rings. The Labute approximate surface area is 158 Å². The van der Waals surface area contributed by atoms with Gasteiger partial charge >= 0.3 is 0 Å². The van der Waals surface area contributed by atoms with Crippen LogP contribution in [0.15, 0.2) is 36.2 Å². The number of nitrogen functional groups attached to an aromatic ring is 1. The molecule has 0 atom stereocenters. The Bertz CT molecular complexity index is 989. The first-order valence-corrected chi connectivity index (χ1v) is 10.1. The van der Waals surface area contributed by atoms with E-state index in [0.717, 1.165) is 46.9 Å². The summed E-state index contributed by atoms with van der Waals surface area (Å²) in [5, 5.41) is 8.17. The lowest BCUT2D eigenvalue weighted by Gasteiger charge is -2.56. The molecule has 0 unspecified atom stereocenters. The number of aromatic nitrogens is 3. The van der Waals surface area contributed by atoms with Crippen LogP contribution < -0.4 is 10.5 Å². The largest absolute Gasteiger partial charge is 0.492 e. The van der Waals surface area contributed by atoms with E-state index < -0.39 is 0 Å². The van der Waals surface area contributed by atoms with Crippen molar-refractivity contribution in [3.63, 3.8) is 0 Å². The predicted molar refractivity (Wildman–Crippen MR) is 104 cm³/mol. The van der Waals surface area contributed by atoms with Crippen LogP contribution in [-0.4, -0.2) is 21.2 Å². The Kier molecular flexibility index (Phi) is 3.16. The second kappa shape index (κ2) is 5.49. The molecular weight excluding hydrogens is 336 g/mol. The van der Waals surface area contributed by atoms with E-state index in [-0.39, 0.29) is 0 Å². The maximum Gasteiger partial charge on any atom is 0.226 e. The fourth-order valence-corrected chi connectivity index (χ4v) is 6.45. The number of ether oxygens (including phenoxy) is 1. The highest BCUT2D eigenvalue weighted by atomic mass is 16.5. The van der Waals surface area contributed by atoms with Gasteiger partial charge in [0.2, 0.25) is 5.95 Å². The average Bonchev–Trinajstić information content (AvgIpc) is 3.28. The second-order valence-electron chi connectivity index (χ2n) is 9.13. The van der Waals surface area contributed by atoms with Crippen molar-refractivity contribution in [3.8, 4) is 5.75 Å². The lowest BCUT2D eigenvalue weighted by molar-refractivity contribution is -0.0745. The van der Waals surface area contributed by atoms with Gasteiger partial charge in [-0.2, -0.15) is 0 Å². The molecule has 138 valence electrons. The summed E-state index contributed by atoms with van der Waals surface area (Å²) in [6, 6.07) is 1.97. The molecule has 0 saturated heterocycles. The number of nitrogens with two attached hydrogens (primary N) is 1. The minimum Gasteiger partial charge on any atom is -0.492 e. The third-order valence-corrected chi connectivity index (χ3v) is 7.12. The number of fused-ring (bicyclic) bond motifs is 1. The van der Waals surface area contributed by atoms with Crippen molar-refractivity contribution in [2.75, 3.05) is 12.3 Å². The van der Waals surface area contributed by atoms with E-state index in [2.05, 4.69) is 22.0 Å². The van der Waals surface area contributed by atoms with Gasteiger partial charge in [-0.25, -0.2) is 0 Å². The summed E-state index contributed by atoms with van der Waals surface area (Å²) in [6.07, 6.45) is 16.4. The van der Waals surface area contributed by atoms with Gasteiger partial charge in [0.1, 0.15) is 5.75 Å². The number of hydrogen-bond donors (Lipinski definition) is 1. The fourth-order valence-electron chi connectivity index (χ4n) is 6.45. The lowest BCUT2D eigenvalue weighted by atomic mass is 9.50. The van der Waals surface area contributed by atoms with Gasteiger partial charge in [-0.3, -0.25) is 4.40 Å². The standard InChI is InChI=1S/C22H24N4O/c23-21-25-24-20-8-19(18(12-26(20)21)17-3-1-2-4-17)27-13-22-9-14-5-15(10-22)7-16(6-14)11-22/h1-3,8,12,14-16H,5-7,9-11,13H2,(H2,23,25). The van der Waals surface area contributed by atoms with Gasteiger partial charge in [-0.05, 0) is 68.4 Å². The van der Waals surface area contributed by atoms with Gasteiger partial charge in [0, 0.05) is 28.8 Å². The molecule has 0 aromatic carbocycles. The Morgan fingerprint density at radius 3 is 2.56 bits per heavy atom. The van der Waals surface area contributed by atoms with Crippen molar-refractivity contribution in [1.29, 1.82) is 0 Å². The maximum atomic E-state index is 6.52. The van der Waals surface area contributed by atoms with Crippen LogP contribution in [0.3, 0.4) is 0 Å². The van der Waals surface area contributed by atoms with E-state index >= 15 is 0 Å². The van der Waals surface area contributed by atoms with Crippen molar-refractivity contribution < 1.29 is 4.74 Å². The smallest absolute Gasteiger partial charge is 0.226 e. The highest BCUT2D eigenvalue weighted by Gasteiger charge is 2.51. The van der Waals surface area contributed by atoms with Crippen LogP contribution in [0.4, 0.5) is 5.95 Å². The van der Waals surface area contributed by atoms with Gasteiger partial charge in [0.25, 0.3) is 0 Å². The molecule has 2 aromatic heterocycles. The van der Waals surface area contributed by atoms with Crippen LogP contribution in [0.2, 0.25) is 0 Å². The molecule has 0 amide bonds. The molecule has 0 spiro atoms. The number of anilines is 1. The van der Waals surface area contributed by atoms with Gasteiger partial charge < -0.3 is 10.5 Å². The number of hydrogen-bond acceptors (Lipinski definition) is 4. The maximum absolute atomic E-state index is 6.52. The number of pyridine rings is 1. The first-order chi connectivity index (χ1) is 13.2. The molecule has 5 heteroatoms. The molecule has 2 heterocycles. The summed E-state index contributed by atoms with van der Waals surface area (Å²) in [7, 11) is 0. The molecule has 4 saturated carbocycles. The van der Waals surface area contributed by atoms with E-state index in [1.54, 1.807) is 0 Å². The van der Waals surface area contributed by atoms with Crippen molar-refractivity contribution in [2.45, 2.75) is 38.5 Å². The van der Waals surface area contributed by atoms with Crippen molar-refractivity contribution >= 4 is 17.2 Å². The molecule has 4 fully saturated rings. The third kappa shape index (κ3) is 2.45. The molecule has 5 nitrogen and oxygen atoms in total. The van der Waals surface area contributed by atoms with E-state index in [1.807, 2.05) is 28.8 Å². The number of nitrogens with zero attached hydrogens (tertiary/aromatic N) is 3. The number of rotatable bonds is 4. The highest BCUT2D eigenvalue weighted by molar-refractivity contribution is 5.80. The zero-order chi connectivity index (χ0) is 18.0. The Balaban J connectivity index is 1.35. The monoisotopic (exact) mass is 360 g/mol. The summed E-state index contributed by atoms with van der Waals surface area (Å²) in [4.78, 5) is 0. The molecule has 4 bridgehead atoms. The van der Waals surface area contributed by atoms with Crippen LogP contribution in [0.1, 0.15) is 44.1 Å². The van der Waals surface area contributed by atoms with Crippen LogP contribution in [0.25, 0.3) is 11.2 Å². The second-order valence-corrected chi connectivity index (χ2v) is 9.13. The molecule has 2 N–H and O–H groups in total. The number of allylic oxidation sites excluding steroid dienone is 3. The normalized spacial score (nSPS) is 33.2. The van der Waals surface area contributed by atoms with Crippen LogP contribution in [0.5, 0.6) is 5.75 Å². The molecule has 7 rings (SSSR count). The molecule has 0 radical (unpaired) electrons. The lowest BCUT2D eigenvalue weighted by Crippen LogP contribution is -2.48. The summed E-state index contributed by atoms with van der Waals surface area (Å²) >= 11 is 0. The van der Waals surface area contributed by atoms with Crippen molar-refractivity contribution in [1.82, 2.24) is 14.6 Å². The summed E-state index contributed by atoms with van der Waals surface area (Å²) in [5.74, 6) is 4.06. The van der Waals surface area contributed by atoms with E-state index in [1.165, 1.54) is 38.5 Å². The molecule has 5 aliphatic carbocycles. The molecule has 27 heavy (non-hydrogen) atoms. The SMILES string of the molecule is Nc1nnc2cc(OCC34CC5CC(CC(C5)C3)C4)c(C3=C=CC=C3)cn12. The average molecular weight is 360 g/mol. The third-order valence-electron chi connectivity index (χ3n) is 7.12. The molecule has 5 aliphatic rings. The van der Waals surface area contributed by atoms with Gasteiger partial charge in [-0.1, -0.05) is 6.08 Å². The van der Waals surface area contributed by atoms with E-state index in [9.17, 15) is 0 Å². The first-order valence-electron chi connectivity index (χ1n) is 10.1. The van der Waals surface area contributed by atoms with E-state index in [0.29, 0.717) is 11.4 Å². The summed E-state index contributed by atoms with van der Waals surface area (Å²) in [5.41, 5.74) is 12.4. The van der Waals surface area contributed by atoms with Crippen LogP contribution >= 0.6 is 0 Å². The zero-order valence-electron chi connectivity index (χ0n) is 15.4. The summed E-state index contributed by atoms with van der Waals surface area (Å²) in [6.45, 7) is 0.810. The van der Waals surface area contributed by atoms with Crippen LogP contribution in [-0.2, 0) is 0 Å². The summed E-state index contributed by atoms with van der Waals surface area (Å²) < 4.78 is 8.33. The topological polar surface area (TPSA) is 65.4 Å². The minimum absolute atomic E-state index is 0.376. The van der Waals surface area contributed by atoms with Crippen molar-refractivity contribution in [2.24, 2.45) is 23.2 Å². The quantitative estimate of drug-likeness (QED) is 0.837. The van der Waals surface area contributed by atoms with Gasteiger partial charge in [0.05, 0.1) is 6.61 Å². The van der Waals surface area contributed by atoms with Gasteiger partial charge in [0.15, 0.2) is 5.65 Å². The zero-order valence-corrected chi connectivity index (χ0v) is 15.4. The fraction of sp³-hybridized carbons (Fsp3) is 0.500. The minimum atomic E-state index is 0.376. The van der Waals surface area contributed by atoms with Crippen LogP contribution in [0, 0.1) is 23.2 Å². The van der Waals surface area contributed by atoms with Gasteiger partial charge in [-0.15, -0.1) is 15.9 Å². The predicted octanol–water partition coefficient (Wildman–Crippen LogP) is 4.02. The first kappa shape index (κ1) is 15.5.